The van der Waals surface area contributed by atoms with E-state index in [0.717, 1.165) is 22.3 Å². The molecule has 4 rings (SSSR count). The highest BCUT2D eigenvalue weighted by molar-refractivity contribution is 5.87. The van der Waals surface area contributed by atoms with Gasteiger partial charge in [-0.3, -0.25) is 4.79 Å². The molecule has 1 unspecified atom stereocenters. The van der Waals surface area contributed by atoms with Gasteiger partial charge in [-0.25, -0.2) is 18.4 Å². The number of methoxy groups -OCH3 is 1. The topological polar surface area (TPSA) is 105 Å². The summed E-state index contributed by atoms with van der Waals surface area (Å²) in [5.41, 5.74) is 4.35. The number of alkyl carbamates (subject to hydrolysis) is 1. The van der Waals surface area contributed by atoms with E-state index in [9.17, 15) is 28.3 Å². The van der Waals surface area contributed by atoms with Gasteiger partial charge in [0.1, 0.15) is 18.8 Å². The van der Waals surface area contributed by atoms with Crippen LogP contribution in [0.2, 0.25) is 0 Å². The number of rotatable bonds is 8. The normalized spacial score (nSPS) is 19.1. The lowest BCUT2D eigenvalue weighted by atomic mass is 9.98. The molecular formula is C25H26F2N2O6. The van der Waals surface area contributed by atoms with Crippen LogP contribution in [0.15, 0.2) is 48.5 Å². The molecule has 1 saturated heterocycles. The minimum atomic E-state index is -3.28. The summed E-state index contributed by atoms with van der Waals surface area (Å²) in [6, 6.07) is 14.2. The molecule has 1 aliphatic carbocycles. The van der Waals surface area contributed by atoms with Crippen LogP contribution in [0, 0.1) is 0 Å². The Morgan fingerprint density at radius 3 is 2.29 bits per heavy atom. The zero-order chi connectivity index (χ0) is 25.2. The Morgan fingerprint density at radius 1 is 1.11 bits per heavy atom. The molecule has 0 spiro atoms. The third kappa shape index (κ3) is 5.12. The summed E-state index contributed by atoms with van der Waals surface area (Å²) in [7, 11) is 1.22. The number of likely N-dealkylation sites (tertiary alicyclic amines) is 1. The molecule has 0 aromatic heterocycles. The lowest BCUT2D eigenvalue weighted by Crippen LogP contribution is -2.47. The molecule has 2 aromatic rings. The lowest BCUT2D eigenvalue weighted by molar-refractivity contribution is -0.153. The monoisotopic (exact) mass is 488 g/mol. The second-order valence-electron chi connectivity index (χ2n) is 8.65. The van der Waals surface area contributed by atoms with Crippen LogP contribution in [0.1, 0.15) is 29.9 Å². The summed E-state index contributed by atoms with van der Waals surface area (Å²) >= 11 is 0. The molecular weight excluding hydrogens is 462 g/mol. The maximum absolute atomic E-state index is 13.7. The number of fused-ring (bicyclic) bond motifs is 3. The third-order valence-corrected chi connectivity index (χ3v) is 6.42. The molecule has 2 aromatic carbocycles. The van der Waals surface area contributed by atoms with Crippen LogP contribution in [0.3, 0.4) is 0 Å². The fourth-order valence-electron chi connectivity index (χ4n) is 4.75. The molecule has 1 aliphatic heterocycles. The number of halogens is 2. The van der Waals surface area contributed by atoms with E-state index >= 15 is 0 Å². The van der Waals surface area contributed by atoms with E-state index in [4.69, 9.17) is 9.47 Å². The van der Waals surface area contributed by atoms with Gasteiger partial charge in [-0.2, -0.15) is 0 Å². The molecule has 0 radical (unpaired) electrons. The molecule has 2 atom stereocenters. The van der Waals surface area contributed by atoms with Crippen molar-refractivity contribution in [3.05, 3.63) is 59.7 Å². The van der Waals surface area contributed by atoms with E-state index in [1.54, 1.807) is 0 Å². The number of alkyl halides is 2. The average molecular weight is 488 g/mol. The Hall–Kier alpha value is -3.53. The predicted octanol–water partition coefficient (Wildman–Crippen LogP) is 3.25. The van der Waals surface area contributed by atoms with Crippen LogP contribution in [0.4, 0.5) is 13.6 Å². The number of carboxylic acids is 1. The Balaban J connectivity index is 1.30. The van der Waals surface area contributed by atoms with E-state index in [1.165, 1.54) is 7.11 Å². The first-order valence-electron chi connectivity index (χ1n) is 11.2. The van der Waals surface area contributed by atoms with Crippen molar-refractivity contribution in [2.75, 3.05) is 26.8 Å². The number of nitrogens with zero attached hydrogens (tertiary/aromatic N) is 1. The maximum atomic E-state index is 13.7. The first-order chi connectivity index (χ1) is 16.7. The molecule has 0 saturated carbocycles. The minimum absolute atomic E-state index is 0.0249. The molecule has 8 nitrogen and oxygen atoms in total. The quantitative estimate of drug-likeness (QED) is 0.591. The molecule has 0 bridgehead atoms. The Labute approximate surface area is 200 Å². The number of carbonyl (C=O) groups is 3. The van der Waals surface area contributed by atoms with Gasteiger partial charge in [0.25, 0.3) is 11.8 Å². The summed E-state index contributed by atoms with van der Waals surface area (Å²) in [5.74, 6) is -5.74. The number of nitrogens with one attached hydrogen (secondary N) is 1. The van der Waals surface area contributed by atoms with Gasteiger partial charge >= 0.3 is 12.1 Å². The highest BCUT2D eigenvalue weighted by Gasteiger charge is 2.51. The highest BCUT2D eigenvalue weighted by atomic mass is 19.3. The van der Waals surface area contributed by atoms with Crippen LogP contribution in [0.25, 0.3) is 11.1 Å². The van der Waals surface area contributed by atoms with Crippen LogP contribution in [0.5, 0.6) is 0 Å². The number of hydrogen-bond acceptors (Lipinski definition) is 5. The molecule has 2 amide bonds. The van der Waals surface area contributed by atoms with Crippen molar-refractivity contribution in [2.45, 2.75) is 36.8 Å². The van der Waals surface area contributed by atoms with Gasteiger partial charge in [0.15, 0.2) is 0 Å². The summed E-state index contributed by atoms with van der Waals surface area (Å²) in [5, 5.41) is 11.7. The van der Waals surface area contributed by atoms with Crippen molar-refractivity contribution < 1.29 is 37.7 Å². The molecule has 35 heavy (non-hydrogen) atoms. The highest BCUT2D eigenvalue weighted by Crippen LogP contribution is 2.44. The second kappa shape index (κ2) is 9.99. The Morgan fingerprint density at radius 2 is 1.71 bits per heavy atom. The number of benzene rings is 2. The van der Waals surface area contributed by atoms with Crippen molar-refractivity contribution in [2.24, 2.45) is 0 Å². The fourth-order valence-corrected chi connectivity index (χ4v) is 4.75. The van der Waals surface area contributed by atoms with E-state index < -0.39 is 49.0 Å². The zero-order valence-corrected chi connectivity index (χ0v) is 19.1. The molecule has 1 fully saturated rings. The SMILES string of the molecule is COC(CCNC(=O)OCC1c2ccccc2-c2ccccc21)C(=O)N1CC(F)(F)C[C@@H]1C(=O)O. The van der Waals surface area contributed by atoms with Gasteiger partial charge in [-0.1, -0.05) is 48.5 Å². The first kappa shape index (κ1) is 24.6. The maximum Gasteiger partial charge on any atom is 0.407 e. The Bertz CT molecular complexity index is 1080. The van der Waals surface area contributed by atoms with Crippen LogP contribution < -0.4 is 5.32 Å². The minimum Gasteiger partial charge on any atom is -0.480 e. The second-order valence-corrected chi connectivity index (χ2v) is 8.65. The summed E-state index contributed by atoms with van der Waals surface area (Å²) < 4.78 is 38.0. The molecule has 186 valence electrons. The molecule has 1 heterocycles. The third-order valence-electron chi connectivity index (χ3n) is 6.42. The van der Waals surface area contributed by atoms with E-state index in [0.29, 0.717) is 4.90 Å². The largest absolute Gasteiger partial charge is 0.480 e. The van der Waals surface area contributed by atoms with Crippen molar-refractivity contribution in [3.8, 4) is 11.1 Å². The van der Waals surface area contributed by atoms with Gasteiger partial charge in [-0.15, -0.1) is 0 Å². The number of ether oxygens (including phenoxy) is 2. The van der Waals surface area contributed by atoms with Gasteiger partial charge in [0, 0.05) is 32.4 Å². The number of aliphatic carboxylic acids is 1. The summed E-state index contributed by atoms with van der Waals surface area (Å²) in [6.07, 6.45) is -2.85. The number of amides is 2. The molecule has 2 N–H and O–H groups in total. The van der Waals surface area contributed by atoms with Gasteiger partial charge in [-0.05, 0) is 22.3 Å². The van der Waals surface area contributed by atoms with Crippen molar-refractivity contribution >= 4 is 18.0 Å². The molecule has 10 heteroatoms. The van der Waals surface area contributed by atoms with Crippen LogP contribution >= 0.6 is 0 Å². The standard InChI is InChI=1S/C25H26F2N2O6/c1-34-21(22(30)29-14-25(26,27)12-20(29)23(31)32)10-11-28-24(33)35-13-19-17-8-4-2-6-15(17)16-7-3-5-9-18(16)19/h2-9,19-21H,10-14H2,1H3,(H,28,33)(H,31,32)/t20-,21?/m1/s1. The fraction of sp³-hybridized carbons (Fsp3) is 0.400. The van der Waals surface area contributed by atoms with Crippen LogP contribution in [-0.2, 0) is 19.1 Å². The van der Waals surface area contributed by atoms with E-state index in [2.05, 4.69) is 5.32 Å². The lowest BCUT2D eigenvalue weighted by Gasteiger charge is -2.25. The average Bonchev–Trinajstić information content (AvgIpc) is 3.34. The van der Waals surface area contributed by atoms with Crippen molar-refractivity contribution in [1.82, 2.24) is 10.2 Å². The zero-order valence-electron chi connectivity index (χ0n) is 19.1. The van der Waals surface area contributed by atoms with E-state index in [-0.39, 0.29) is 25.5 Å². The van der Waals surface area contributed by atoms with E-state index in [1.807, 2.05) is 48.5 Å². The molecule has 2 aliphatic rings. The van der Waals surface area contributed by atoms with Gasteiger partial charge in [0.05, 0.1) is 6.54 Å². The van der Waals surface area contributed by atoms with Gasteiger partial charge in [0.2, 0.25) is 0 Å². The van der Waals surface area contributed by atoms with Crippen molar-refractivity contribution in [1.29, 1.82) is 0 Å². The van der Waals surface area contributed by atoms with Crippen LogP contribution in [-0.4, -0.2) is 72.9 Å². The number of carbonyl (C=O) groups excluding carboxylic acids is 2. The summed E-state index contributed by atoms with van der Waals surface area (Å²) in [6.45, 7) is -0.888. The number of hydrogen-bond donors (Lipinski definition) is 2. The van der Waals surface area contributed by atoms with Gasteiger partial charge < -0.3 is 24.8 Å². The smallest absolute Gasteiger partial charge is 0.407 e. The number of carboxylic acid groups (broad SMARTS) is 1. The Kier molecular flexibility index (Phi) is 7.02. The summed E-state index contributed by atoms with van der Waals surface area (Å²) in [4.78, 5) is 36.9. The first-order valence-corrected chi connectivity index (χ1v) is 11.2. The van der Waals surface area contributed by atoms with Crippen molar-refractivity contribution in [3.63, 3.8) is 0 Å². The predicted molar refractivity (Wildman–Crippen MR) is 121 cm³/mol.